The molecule has 25 heavy (non-hydrogen) atoms. The molecule has 3 nitrogen and oxygen atoms in total. The largest absolute Gasteiger partial charge is 0.508 e. The highest BCUT2D eigenvalue weighted by Crippen LogP contribution is 2.11. The summed E-state index contributed by atoms with van der Waals surface area (Å²) in [6.45, 7) is 4.60. The molecule has 0 saturated heterocycles. The molecular formula is C22H38N2O. The van der Waals surface area contributed by atoms with E-state index in [1.807, 2.05) is 6.07 Å². The van der Waals surface area contributed by atoms with Gasteiger partial charge in [-0.2, -0.15) is 0 Å². The average molecular weight is 347 g/mol. The first-order chi connectivity index (χ1) is 12.2. The molecule has 3 heteroatoms. The normalized spacial score (nSPS) is 13.0. The molecule has 1 heterocycles. The molecule has 0 atom stereocenters. The minimum absolute atomic E-state index is 0.322. The molecule has 1 aromatic rings. The molecule has 0 aromatic heterocycles. The zero-order chi connectivity index (χ0) is 18.2. The summed E-state index contributed by atoms with van der Waals surface area (Å²) in [6, 6.07) is 8.71. The first kappa shape index (κ1) is 21.4. The van der Waals surface area contributed by atoms with E-state index in [0.29, 0.717) is 5.75 Å². The third-order valence-electron chi connectivity index (χ3n) is 4.49. The van der Waals surface area contributed by atoms with E-state index in [0.717, 1.165) is 6.67 Å². The van der Waals surface area contributed by atoms with E-state index >= 15 is 0 Å². The molecule has 1 aliphatic heterocycles. The second kappa shape index (κ2) is 14.7. The Morgan fingerprint density at radius 2 is 1.36 bits per heavy atom. The molecule has 0 fully saturated rings. The van der Waals surface area contributed by atoms with Crippen molar-refractivity contribution < 1.29 is 5.11 Å². The van der Waals surface area contributed by atoms with Crippen LogP contribution in [-0.2, 0) is 0 Å². The number of nitrogens with zero attached hydrogens (tertiary/aromatic N) is 2. The number of para-hydroxylation sites is 1. The van der Waals surface area contributed by atoms with E-state index in [1.54, 1.807) is 24.3 Å². The number of rotatable bonds is 11. The summed E-state index contributed by atoms with van der Waals surface area (Å²) in [5.41, 5.74) is 0. The maximum absolute atomic E-state index is 8.63. The molecule has 0 unspecified atom stereocenters. The summed E-state index contributed by atoms with van der Waals surface area (Å²) in [4.78, 5) is 4.64. The Bertz CT molecular complexity index is 433. The van der Waals surface area contributed by atoms with Crippen LogP contribution in [-0.4, -0.2) is 35.2 Å². The van der Waals surface area contributed by atoms with E-state index < -0.39 is 0 Å². The van der Waals surface area contributed by atoms with Crippen LogP contribution in [0.3, 0.4) is 0 Å². The first-order valence-electron chi connectivity index (χ1n) is 10.1. The van der Waals surface area contributed by atoms with Crippen LogP contribution in [0, 0.1) is 0 Å². The van der Waals surface area contributed by atoms with Crippen molar-refractivity contribution in [1.82, 2.24) is 9.80 Å². The second-order valence-electron chi connectivity index (χ2n) is 7.03. The maximum Gasteiger partial charge on any atom is 0.115 e. The van der Waals surface area contributed by atoms with E-state index in [4.69, 9.17) is 5.11 Å². The van der Waals surface area contributed by atoms with Gasteiger partial charge in [0.2, 0.25) is 0 Å². The Morgan fingerprint density at radius 1 is 0.800 bits per heavy atom. The lowest BCUT2D eigenvalue weighted by Gasteiger charge is -2.17. The molecule has 0 bridgehead atoms. The molecule has 2 rings (SSSR count). The van der Waals surface area contributed by atoms with Gasteiger partial charge in [-0.3, -0.25) is 0 Å². The van der Waals surface area contributed by atoms with Crippen LogP contribution in [0.4, 0.5) is 0 Å². The van der Waals surface area contributed by atoms with Gasteiger partial charge >= 0.3 is 0 Å². The number of hydrogen-bond donors (Lipinski definition) is 1. The van der Waals surface area contributed by atoms with Crippen molar-refractivity contribution >= 4 is 0 Å². The van der Waals surface area contributed by atoms with Crippen LogP contribution >= 0.6 is 0 Å². The lowest BCUT2D eigenvalue weighted by molar-refractivity contribution is 0.290. The molecule has 0 spiro atoms. The molecule has 142 valence electrons. The van der Waals surface area contributed by atoms with Gasteiger partial charge in [-0.15, -0.1) is 0 Å². The minimum atomic E-state index is 0.322. The number of benzene rings is 1. The monoisotopic (exact) mass is 346 g/mol. The molecule has 0 amide bonds. The van der Waals surface area contributed by atoms with Crippen molar-refractivity contribution in [2.24, 2.45) is 0 Å². The summed E-state index contributed by atoms with van der Waals surface area (Å²) in [6.07, 6.45) is 18.6. The van der Waals surface area contributed by atoms with Gasteiger partial charge in [-0.1, -0.05) is 82.9 Å². The van der Waals surface area contributed by atoms with Crippen LogP contribution in [0.15, 0.2) is 42.7 Å². The number of phenolic OH excluding ortho intramolecular Hbond substituents is 1. The highest BCUT2D eigenvalue weighted by molar-refractivity contribution is 5.18. The van der Waals surface area contributed by atoms with Gasteiger partial charge in [0, 0.05) is 26.0 Å². The lowest BCUT2D eigenvalue weighted by Crippen LogP contribution is -2.23. The number of unbranched alkanes of at least 4 members (excludes halogenated alkanes) is 9. The van der Waals surface area contributed by atoms with Crippen molar-refractivity contribution in [2.45, 2.75) is 71.1 Å². The van der Waals surface area contributed by atoms with Crippen molar-refractivity contribution in [3.8, 4) is 5.75 Å². The standard InChI is InChI=1S/C16H32N2.C6H6O/c1-3-4-5-6-7-8-9-10-11-12-13-18-15-14-17(2)16-18;7-6-4-2-1-3-5-6/h14-15H,3-13,16H2,1-2H3;1-5,7H. The van der Waals surface area contributed by atoms with Crippen molar-refractivity contribution in [3.05, 3.63) is 42.7 Å². The fourth-order valence-electron chi connectivity index (χ4n) is 2.96. The third-order valence-corrected chi connectivity index (χ3v) is 4.49. The zero-order valence-electron chi connectivity index (χ0n) is 16.4. The van der Waals surface area contributed by atoms with Gasteiger partial charge in [0.15, 0.2) is 0 Å². The summed E-state index contributed by atoms with van der Waals surface area (Å²) in [5.74, 6) is 0.322. The van der Waals surface area contributed by atoms with Crippen LogP contribution in [0.1, 0.15) is 71.1 Å². The summed E-state index contributed by atoms with van der Waals surface area (Å²) in [5, 5.41) is 8.63. The molecule has 1 aliphatic rings. The Labute approximate surface area is 155 Å². The Balaban J connectivity index is 0.000000370. The van der Waals surface area contributed by atoms with Crippen molar-refractivity contribution in [3.63, 3.8) is 0 Å². The third kappa shape index (κ3) is 12.4. The van der Waals surface area contributed by atoms with Crippen LogP contribution in [0.2, 0.25) is 0 Å². The Morgan fingerprint density at radius 3 is 1.80 bits per heavy atom. The smallest absolute Gasteiger partial charge is 0.115 e. The van der Waals surface area contributed by atoms with Crippen molar-refractivity contribution in [2.75, 3.05) is 20.3 Å². The van der Waals surface area contributed by atoms with Gasteiger partial charge in [0.05, 0.1) is 6.67 Å². The summed E-state index contributed by atoms with van der Waals surface area (Å²) < 4.78 is 0. The second-order valence-corrected chi connectivity index (χ2v) is 7.03. The number of hydrogen-bond acceptors (Lipinski definition) is 3. The molecule has 1 aromatic carbocycles. The highest BCUT2D eigenvalue weighted by atomic mass is 16.3. The van der Waals surface area contributed by atoms with E-state index in [-0.39, 0.29) is 0 Å². The molecule has 0 saturated carbocycles. The predicted molar refractivity (Wildman–Crippen MR) is 108 cm³/mol. The molecule has 0 radical (unpaired) electrons. The Hall–Kier alpha value is -1.64. The first-order valence-corrected chi connectivity index (χ1v) is 10.1. The highest BCUT2D eigenvalue weighted by Gasteiger charge is 2.06. The fourth-order valence-corrected chi connectivity index (χ4v) is 2.96. The van der Waals surface area contributed by atoms with Gasteiger partial charge in [-0.25, -0.2) is 0 Å². The van der Waals surface area contributed by atoms with Gasteiger partial charge in [-0.05, 0) is 18.6 Å². The lowest BCUT2D eigenvalue weighted by atomic mass is 10.1. The Kier molecular flexibility index (Phi) is 12.6. The quantitative estimate of drug-likeness (QED) is 0.500. The summed E-state index contributed by atoms with van der Waals surface area (Å²) >= 11 is 0. The van der Waals surface area contributed by atoms with E-state index in [9.17, 15) is 0 Å². The van der Waals surface area contributed by atoms with E-state index in [1.165, 1.54) is 70.8 Å². The molecule has 1 N–H and O–H groups in total. The van der Waals surface area contributed by atoms with Gasteiger partial charge in [0.25, 0.3) is 0 Å². The minimum Gasteiger partial charge on any atom is -0.508 e. The molecule has 0 aliphatic carbocycles. The number of aromatic hydroxyl groups is 1. The van der Waals surface area contributed by atoms with Gasteiger partial charge < -0.3 is 14.9 Å². The van der Waals surface area contributed by atoms with Crippen LogP contribution in [0.5, 0.6) is 5.75 Å². The van der Waals surface area contributed by atoms with Crippen LogP contribution < -0.4 is 0 Å². The van der Waals surface area contributed by atoms with Crippen molar-refractivity contribution in [1.29, 1.82) is 0 Å². The average Bonchev–Trinajstić information content (AvgIpc) is 3.03. The predicted octanol–water partition coefficient (Wildman–Crippen LogP) is 5.98. The SMILES string of the molecule is CCCCCCCCCCCCN1C=CN(C)C1.Oc1ccccc1. The number of phenols is 1. The fraction of sp³-hybridized carbons (Fsp3) is 0.636. The summed E-state index contributed by atoms with van der Waals surface area (Å²) in [7, 11) is 2.13. The van der Waals surface area contributed by atoms with Crippen LogP contribution in [0.25, 0.3) is 0 Å². The van der Waals surface area contributed by atoms with Gasteiger partial charge in [0.1, 0.15) is 5.75 Å². The van der Waals surface area contributed by atoms with E-state index in [2.05, 4.69) is 36.2 Å². The zero-order valence-corrected chi connectivity index (χ0v) is 16.4. The topological polar surface area (TPSA) is 26.7 Å². The maximum atomic E-state index is 8.63. The molecular weight excluding hydrogens is 308 g/mol.